The molecule has 108 valence electrons. The molecule has 0 saturated heterocycles. The van der Waals surface area contributed by atoms with E-state index in [0.717, 1.165) is 5.69 Å². The van der Waals surface area contributed by atoms with Crippen LogP contribution in [0.3, 0.4) is 0 Å². The molecular weight excluding hydrogens is 268 g/mol. The van der Waals surface area contributed by atoms with Crippen LogP contribution in [-0.2, 0) is 10.0 Å². The van der Waals surface area contributed by atoms with Gasteiger partial charge in [-0.15, -0.1) is 0 Å². The average Bonchev–Trinajstić information content (AvgIpc) is 2.39. The van der Waals surface area contributed by atoms with Gasteiger partial charge in [-0.2, -0.15) is 0 Å². The van der Waals surface area contributed by atoms with Gasteiger partial charge in [-0.25, -0.2) is 13.1 Å². The van der Waals surface area contributed by atoms with E-state index >= 15 is 0 Å². The SMILES string of the molecule is CCNS(=O)(=O)c1ccc(N(CCO)CCO)cc1. The lowest BCUT2D eigenvalue weighted by atomic mass is 10.3. The highest BCUT2D eigenvalue weighted by Crippen LogP contribution is 2.17. The Morgan fingerprint density at radius 3 is 2.05 bits per heavy atom. The molecule has 1 aromatic rings. The second-order valence-corrected chi connectivity index (χ2v) is 5.70. The summed E-state index contributed by atoms with van der Waals surface area (Å²) in [6, 6.07) is 6.34. The molecule has 0 radical (unpaired) electrons. The molecule has 0 aromatic heterocycles. The van der Waals surface area contributed by atoms with Crippen LogP contribution in [0.5, 0.6) is 0 Å². The zero-order valence-electron chi connectivity index (χ0n) is 10.9. The highest BCUT2D eigenvalue weighted by Gasteiger charge is 2.13. The normalized spacial score (nSPS) is 11.5. The summed E-state index contributed by atoms with van der Waals surface area (Å²) in [5.74, 6) is 0. The van der Waals surface area contributed by atoms with Crippen molar-refractivity contribution in [1.82, 2.24) is 4.72 Å². The van der Waals surface area contributed by atoms with E-state index in [1.165, 1.54) is 12.1 Å². The van der Waals surface area contributed by atoms with Gasteiger partial charge in [-0.1, -0.05) is 6.92 Å². The molecule has 0 fully saturated rings. The lowest BCUT2D eigenvalue weighted by molar-refractivity contribution is 0.281. The Hall–Kier alpha value is -1.15. The fourth-order valence-corrected chi connectivity index (χ4v) is 2.76. The predicted octanol–water partition coefficient (Wildman–Crippen LogP) is -0.224. The summed E-state index contributed by atoms with van der Waals surface area (Å²) >= 11 is 0. The van der Waals surface area contributed by atoms with Crippen LogP contribution in [0, 0.1) is 0 Å². The zero-order valence-corrected chi connectivity index (χ0v) is 11.7. The Morgan fingerprint density at radius 2 is 1.63 bits per heavy atom. The van der Waals surface area contributed by atoms with Crippen molar-refractivity contribution in [2.24, 2.45) is 0 Å². The second kappa shape index (κ2) is 7.44. The van der Waals surface area contributed by atoms with Crippen molar-refractivity contribution in [1.29, 1.82) is 0 Å². The fraction of sp³-hybridized carbons (Fsp3) is 0.500. The van der Waals surface area contributed by atoms with Crippen LogP contribution in [0.15, 0.2) is 29.2 Å². The molecule has 19 heavy (non-hydrogen) atoms. The molecular formula is C12H20N2O4S. The van der Waals surface area contributed by atoms with Crippen molar-refractivity contribution < 1.29 is 18.6 Å². The summed E-state index contributed by atoms with van der Waals surface area (Å²) < 4.78 is 25.9. The molecule has 0 heterocycles. The Morgan fingerprint density at radius 1 is 1.11 bits per heavy atom. The van der Waals surface area contributed by atoms with E-state index in [4.69, 9.17) is 10.2 Å². The lowest BCUT2D eigenvalue weighted by Gasteiger charge is -2.23. The molecule has 1 aromatic carbocycles. The van der Waals surface area contributed by atoms with Crippen molar-refractivity contribution in [3.63, 3.8) is 0 Å². The lowest BCUT2D eigenvalue weighted by Crippen LogP contribution is -2.29. The molecule has 6 nitrogen and oxygen atoms in total. The van der Waals surface area contributed by atoms with Crippen LogP contribution in [-0.4, -0.2) is 51.5 Å². The van der Waals surface area contributed by atoms with Crippen LogP contribution in [0.25, 0.3) is 0 Å². The molecule has 0 amide bonds. The smallest absolute Gasteiger partial charge is 0.240 e. The summed E-state index contributed by atoms with van der Waals surface area (Å²) in [6.07, 6.45) is 0. The van der Waals surface area contributed by atoms with Crippen molar-refractivity contribution >= 4 is 15.7 Å². The Labute approximate surface area is 113 Å². The number of aliphatic hydroxyl groups excluding tert-OH is 2. The molecule has 0 aliphatic carbocycles. The van der Waals surface area contributed by atoms with E-state index in [2.05, 4.69) is 4.72 Å². The minimum absolute atomic E-state index is 0.0303. The highest BCUT2D eigenvalue weighted by molar-refractivity contribution is 7.89. The van der Waals surface area contributed by atoms with Gasteiger partial charge in [0.15, 0.2) is 0 Å². The number of nitrogens with zero attached hydrogens (tertiary/aromatic N) is 1. The number of hydrogen-bond acceptors (Lipinski definition) is 5. The van der Waals surface area contributed by atoms with Gasteiger partial charge in [-0.3, -0.25) is 0 Å². The number of benzene rings is 1. The molecule has 0 saturated carbocycles. The molecule has 0 unspecified atom stereocenters. The van der Waals surface area contributed by atoms with Gasteiger partial charge in [0.05, 0.1) is 18.1 Å². The van der Waals surface area contributed by atoms with Gasteiger partial charge in [0.2, 0.25) is 10.0 Å². The largest absolute Gasteiger partial charge is 0.395 e. The van der Waals surface area contributed by atoms with E-state index in [0.29, 0.717) is 19.6 Å². The number of hydrogen-bond donors (Lipinski definition) is 3. The molecule has 7 heteroatoms. The standard InChI is InChI=1S/C12H20N2O4S/c1-2-13-19(17,18)12-5-3-11(4-6-12)14(7-9-15)8-10-16/h3-6,13,15-16H,2,7-10H2,1H3. The summed E-state index contributed by atoms with van der Waals surface area (Å²) in [5, 5.41) is 17.9. The molecule has 0 bridgehead atoms. The minimum Gasteiger partial charge on any atom is -0.395 e. The second-order valence-electron chi connectivity index (χ2n) is 3.93. The number of nitrogens with one attached hydrogen (secondary N) is 1. The Bertz CT molecular complexity index is 467. The van der Waals surface area contributed by atoms with Gasteiger partial charge in [0.1, 0.15) is 0 Å². The topological polar surface area (TPSA) is 89.9 Å². The van der Waals surface area contributed by atoms with Crippen molar-refractivity contribution in [2.45, 2.75) is 11.8 Å². The van der Waals surface area contributed by atoms with Crippen molar-refractivity contribution in [3.05, 3.63) is 24.3 Å². The van der Waals surface area contributed by atoms with Gasteiger partial charge >= 0.3 is 0 Å². The number of aliphatic hydroxyl groups is 2. The van der Waals surface area contributed by atoms with Crippen LogP contribution in [0.4, 0.5) is 5.69 Å². The van der Waals surface area contributed by atoms with Crippen LogP contribution in [0.2, 0.25) is 0 Å². The first-order chi connectivity index (χ1) is 9.05. The first-order valence-corrected chi connectivity index (χ1v) is 7.60. The Balaban J connectivity index is 2.91. The molecule has 0 aliphatic rings. The summed E-state index contributed by atoms with van der Waals surface area (Å²) in [4.78, 5) is 1.98. The van der Waals surface area contributed by atoms with E-state index in [1.54, 1.807) is 24.0 Å². The minimum atomic E-state index is -3.44. The van der Waals surface area contributed by atoms with Crippen LogP contribution in [0.1, 0.15) is 6.92 Å². The fourth-order valence-electron chi connectivity index (χ4n) is 1.72. The summed E-state index contributed by atoms with van der Waals surface area (Å²) in [5.41, 5.74) is 0.763. The number of anilines is 1. The molecule has 3 N–H and O–H groups in total. The molecule has 0 aliphatic heterocycles. The van der Waals surface area contributed by atoms with Gasteiger partial charge in [-0.05, 0) is 24.3 Å². The van der Waals surface area contributed by atoms with Crippen molar-refractivity contribution in [2.75, 3.05) is 37.7 Å². The maximum atomic E-state index is 11.8. The summed E-state index contributed by atoms with van der Waals surface area (Å²) in [7, 11) is -3.44. The third kappa shape index (κ3) is 4.46. The monoisotopic (exact) mass is 288 g/mol. The van der Waals surface area contributed by atoms with E-state index < -0.39 is 10.0 Å². The predicted molar refractivity (Wildman–Crippen MR) is 73.7 cm³/mol. The number of rotatable bonds is 8. The van der Waals surface area contributed by atoms with Gasteiger partial charge in [0.25, 0.3) is 0 Å². The summed E-state index contributed by atoms with van der Waals surface area (Å²) in [6.45, 7) is 2.77. The molecule has 1 rings (SSSR count). The van der Waals surface area contributed by atoms with E-state index in [1.807, 2.05) is 0 Å². The van der Waals surface area contributed by atoms with Crippen LogP contribution >= 0.6 is 0 Å². The third-order valence-corrected chi connectivity index (χ3v) is 4.15. The van der Waals surface area contributed by atoms with Crippen LogP contribution < -0.4 is 9.62 Å². The van der Waals surface area contributed by atoms with Gasteiger partial charge < -0.3 is 15.1 Å². The third-order valence-electron chi connectivity index (χ3n) is 2.59. The van der Waals surface area contributed by atoms with Gasteiger partial charge in [0, 0.05) is 25.3 Å². The zero-order chi connectivity index (χ0) is 14.3. The highest BCUT2D eigenvalue weighted by atomic mass is 32.2. The van der Waals surface area contributed by atoms with E-state index in [-0.39, 0.29) is 18.1 Å². The quantitative estimate of drug-likeness (QED) is 0.615. The first-order valence-electron chi connectivity index (χ1n) is 6.11. The maximum absolute atomic E-state index is 11.8. The molecule has 0 atom stereocenters. The average molecular weight is 288 g/mol. The Kier molecular flexibility index (Phi) is 6.23. The van der Waals surface area contributed by atoms with Crippen molar-refractivity contribution in [3.8, 4) is 0 Å². The first kappa shape index (κ1) is 15.9. The number of sulfonamides is 1. The van der Waals surface area contributed by atoms with E-state index in [9.17, 15) is 8.42 Å². The maximum Gasteiger partial charge on any atom is 0.240 e. The molecule has 0 spiro atoms.